The molecule has 2 aromatic rings. The first-order valence-electron chi connectivity index (χ1n) is 10.7. The molecule has 2 rings (SSSR count). The number of nitrogens with one attached hydrogen (secondary N) is 1. The number of hydrogen-bond donors (Lipinski definition) is 1. The lowest BCUT2D eigenvalue weighted by atomic mass is 10.1. The van der Waals surface area contributed by atoms with E-state index < -0.39 is 27.3 Å². The van der Waals surface area contributed by atoms with Crippen molar-refractivity contribution in [2.75, 3.05) is 33.8 Å². The molecule has 0 aromatic heterocycles. The summed E-state index contributed by atoms with van der Waals surface area (Å²) in [6.45, 7) is 4.08. The van der Waals surface area contributed by atoms with E-state index in [1.54, 1.807) is 24.3 Å². The number of sulfone groups is 1. The minimum atomic E-state index is -3.75. The van der Waals surface area contributed by atoms with Crippen LogP contribution in [0.25, 0.3) is 6.08 Å². The number of anilines is 1. The molecular weight excluding hydrogens is 490 g/mol. The maximum absolute atomic E-state index is 12.9. The van der Waals surface area contributed by atoms with E-state index in [1.165, 1.54) is 61.4 Å². The second kappa shape index (κ2) is 11.8. The van der Waals surface area contributed by atoms with Gasteiger partial charge in [-0.1, -0.05) is 6.07 Å². The minimum absolute atomic E-state index is 0.234. The van der Waals surface area contributed by atoms with Crippen LogP contribution >= 0.6 is 0 Å². The van der Waals surface area contributed by atoms with Crippen LogP contribution in [-0.4, -0.2) is 54.3 Å². The molecule has 0 heterocycles. The van der Waals surface area contributed by atoms with E-state index in [-0.39, 0.29) is 11.4 Å². The highest BCUT2D eigenvalue weighted by Crippen LogP contribution is 2.35. The van der Waals surface area contributed by atoms with Gasteiger partial charge in [-0.25, -0.2) is 8.42 Å². The molecular formula is C25H31NO9S. The highest BCUT2D eigenvalue weighted by molar-refractivity contribution is 7.93. The molecule has 36 heavy (non-hydrogen) atoms. The lowest BCUT2D eigenvalue weighted by Crippen LogP contribution is -2.41. The van der Waals surface area contributed by atoms with Gasteiger partial charge in [-0.05, 0) is 37.6 Å². The predicted molar refractivity (Wildman–Crippen MR) is 135 cm³/mol. The Bertz CT molecular complexity index is 1230. The van der Waals surface area contributed by atoms with Crippen LogP contribution in [-0.2, 0) is 29.9 Å². The summed E-state index contributed by atoms with van der Waals surface area (Å²) in [5, 5.41) is 3.69. The first-order valence-corrected chi connectivity index (χ1v) is 12.5. The molecule has 0 aliphatic rings. The fourth-order valence-corrected chi connectivity index (χ4v) is 4.35. The molecule has 0 radical (unpaired) electrons. The lowest BCUT2D eigenvalue weighted by molar-refractivity contribution is -0.160. The Morgan fingerprint density at radius 2 is 1.50 bits per heavy atom. The molecule has 0 aliphatic carbocycles. The van der Waals surface area contributed by atoms with Crippen LogP contribution in [0.3, 0.4) is 0 Å². The zero-order valence-corrected chi connectivity index (χ0v) is 22.1. The van der Waals surface area contributed by atoms with Gasteiger partial charge in [0, 0.05) is 24.5 Å². The van der Waals surface area contributed by atoms with Gasteiger partial charge < -0.3 is 29.0 Å². The number of esters is 1. The van der Waals surface area contributed by atoms with Crippen molar-refractivity contribution in [2.45, 2.75) is 32.1 Å². The second-order valence-electron chi connectivity index (χ2n) is 8.15. The van der Waals surface area contributed by atoms with Gasteiger partial charge in [0.2, 0.25) is 0 Å². The SMILES string of the molecule is COc1cc(OC)c(C=CS(=O)(=O)Cc2ccc(OC)c(NC(=O)C(C)(C)OC(C)=O)c2)c(OC)c1. The predicted octanol–water partition coefficient (Wildman–Crippen LogP) is 3.59. The van der Waals surface area contributed by atoms with Gasteiger partial charge in [0.25, 0.3) is 5.91 Å². The number of amides is 1. The fourth-order valence-electron chi connectivity index (χ4n) is 3.27. The number of hydrogen-bond acceptors (Lipinski definition) is 9. The molecule has 0 bridgehead atoms. The van der Waals surface area contributed by atoms with Crippen molar-refractivity contribution in [3.05, 3.63) is 46.9 Å². The number of methoxy groups -OCH3 is 4. The van der Waals surface area contributed by atoms with Gasteiger partial charge >= 0.3 is 5.97 Å². The molecule has 10 nitrogen and oxygen atoms in total. The van der Waals surface area contributed by atoms with Crippen molar-refractivity contribution in [3.63, 3.8) is 0 Å². The average molecular weight is 522 g/mol. The van der Waals surface area contributed by atoms with Gasteiger partial charge in [0.1, 0.15) is 23.0 Å². The van der Waals surface area contributed by atoms with E-state index in [9.17, 15) is 18.0 Å². The Kier molecular flexibility index (Phi) is 9.35. The number of carbonyl (C=O) groups is 2. The van der Waals surface area contributed by atoms with Crippen LogP contribution in [0.2, 0.25) is 0 Å². The molecule has 11 heteroatoms. The Hall–Kier alpha value is -3.73. The summed E-state index contributed by atoms with van der Waals surface area (Å²) in [6.07, 6.45) is 1.39. The Labute approximate surface area is 211 Å². The lowest BCUT2D eigenvalue weighted by Gasteiger charge is -2.24. The van der Waals surface area contributed by atoms with E-state index in [0.29, 0.717) is 34.1 Å². The van der Waals surface area contributed by atoms with Gasteiger partial charge in [0.15, 0.2) is 15.4 Å². The van der Waals surface area contributed by atoms with Crippen molar-refractivity contribution in [1.29, 1.82) is 0 Å². The zero-order chi connectivity index (χ0) is 27.1. The summed E-state index contributed by atoms with van der Waals surface area (Å²) in [5.41, 5.74) is -0.384. The molecule has 0 saturated heterocycles. The van der Waals surface area contributed by atoms with Crippen LogP contribution in [0.4, 0.5) is 5.69 Å². The highest BCUT2D eigenvalue weighted by atomic mass is 32.2. The van der Waals surface area contributed by atoms with Crippen LogP contribution < -0.4 is 24.3 Å². The minimum Gasteiger partial charge on any atom is -0.496 e. The van der Waals surface area contributed by atoms with Crippen molar-refractivity contribution in [3.8, 4) is 23.0 Å². The van der Waals surface area contributed by atoms with Gasteiger partial charge in [-0.15, -0.1) is 0 Å². The summed E-state index contributed by atoms with van der Waals surface area (Å²) >= 11 is 0. The van der Waals surface area contributed by atoms with E-state index in [4.69, 9.17) is 23.7 Å². The summed E-state index contributed by atoms with van der Waals surface area (Å²) in [7, 11) is 2.07. The normalized spacial score (nSPS) is 11.6. The third-order valence-corrected chi connectivity index (χ3v) is 6.31. The number of benzene rings is 2. The smallest absolute Gasteiger partial charge is 0.303 e. The maximum Gasteiger partial charge on any atom is 0.303 e. The molecule has 0 atom stereocenters. The van der Waals surface area contributed by atoms with Crippen LogP contribution in [0.5, 0.6) is 23.0 Å². The second-order valence-corrected chi connectivity index (χ2v) is 10.0. The monoisotopic (exact) mass is 521 g/mol. The van der Waals surface area contributed by atoms with Gasteiger partial charge in [-0.3, -0.25) is 9.59 Å². The topological polar surface area (TPSA) is 126 Å². The summed E-state index contributed by atoms with van der Waals surface area (Å²) < 4.78 is 52.0. The summed E-state index contributed by atoms with van der Waals surface area (Å²) in [5.74, 6) is -0.0111. The summed E-state index contributed by atoms with van der Waals surface area (Å²) in [6, 6.07) is 7.83. The molecule has 1 amide bonds. The molecule has 0 spiro atoms. The number of rotatable bonds is 11. The van der Waals surface area contributed by atoms with Gasteiger partial charge in [0.05, 0.1) is 45.4 Å². The molecule has 0 fully saturated rings. The summed E-state index contributed by atoms with van der Waals surface area (Å²) in [4.78, 5) is 24.0. The Balaban J connectivity index is 2.33. The number of carbonyl (C=O) groups excluding carboxylic acids is 2. The third kappa shape index (κ3) is 7.38. The standard InChI is InChI=1S/C25H31NO9S/c1-16(27)35-25(2,3)24(28)26-20-12-17(8-9-21(20)32-5)15-36(29,30)11-10-19-22(33-6)13-18(31-4)14-23(19)34-7/h8-14H,15H2,1-7H3,(H,26,28). The molecule has 2 aromatic carbocycles. The molecule has 0 saturated carbocycles. The van der Waals surface area contributed by atoms with Gasteiger partial charge in [-0.2, -0.15) is 0 Å². The Morgan fingerprint density at radius 1 is 0.917 bits per heavy atom. The van der Waals surface area contributed by atoms with Crippen LogP contribution in [0, 0.1) is 0 Å². The van der Waals surface area contributed by atoms with Crippen molar-refractivity contribution in [1.82, 2.24) is 0 Å². The molecule has 1 N–H and O–H groups in total. The zero-order valence-electron chi connectivity index (χ0n) is 21.3. The van der Waals surface area contributed by atoms with Crippen molar-refractivity contribution in [2.24, 2.45) is 0 Å². The Morgan fingerprint density at radius 3 is 2.00 bits per heavy atom. The maximum atomic E-state index is 12.9. The number of ether oxygens (including phenoxy) is 5. The quantitative estimate of drug-likeness (QED) is 0.441. The first kappa shape index (κ1) is 28.5. The average Bonchev–Trinajstić information content (AvgIpc) is 2.81. The van der Waals surface area contributed by atoms with Crippen LogP contribution in [0.15, 0.2) is 35.7 Å². The van der Waals surface area contributed by atoms with E-state index in [1.807, 2.05) is 0 Å². The molecule has 196 valence electrons. The molecule has 0 unspecified atom stereocenters. The van der Waals surface area contributed by atoms with E-state index in [0.717, 1.165) is 5.41 Å². The largest absolute Gasteiger partial charge is 0.496 e. The molecule has 0 aliphatic heterocycles. The fraction of sp³-hybridized carbons (Fsp3) is 0.360. The van der Waals surface area contributed by atoms with Crippen LogP contribution in [0.1, 0.15) is 31.9 Å². The highest BCUT2D eigenvalue weighted by Gasteiger charge is 2.31. The van der Waals surface area contributed by atoms with Crippen molar-refractivity contribution >= 4 is 33.5 Å². The van der Waals surface area contributed by atoms with Crippen molar-refractivity contribution < 1.29 is 41.7 Å². The third-order valence-electron chi connectivity index (χ3n) is 5.02. The van der Waals surface area contributed by atoms with E-state index >= 15 is 0 Å². The van der Waals surface area contributed by atoms with E-state index in [2.05, 4.69) is 5.32 Å². The first-order chi connectivity index (χ1) is 16.9.